The van der Waals surface area contributed by atoms with Crippen molar-refractivity contribution in [2.75, 3.05) is 52.4 Å². The summed E-state index contributed by atoms with van der Waals surface area (Å²) in [6, 6.07) is 5.30. The number of aromatic amines is 1. The van der Waals surface area contributed by atoms with Crippen LogP contribution in [0.2, 0.25) is 0 Å². The second kappa shape index (κ2) is 12.5. The average molecular weight is 530 g/mol. The van der Waals surface area contributed by atoms with Crippen molar-refractivity contribution in [1.82, 2.24) is 25.4 Å². The van der Waals surface area contributed by atoms with Gasteiger partial charge in [-0.1, -0.05) is 6.92 Å². The quantitative estimate of drug-likeness (QED) is 0.279. The number of hydrogen-bond acceptors (Lipinski definition) is 3. The minimum absolute atomic E-state index is 0. The van der Waals surface area contributed by atoms with E-state index in [2.05, 4.69) is 46.2 Å². The summed E-state index contributed by atoms with van der Waals surface area (Å²) < 4.78 is 13.6. The Morgan fingerprint density at radius 3 is 2.67 bits per heavy atom. The van der Waals surface area contributed by atoms with E-state index in [9.17, 15) is 4.39 Å². The molecule has 1 aromatic heterocycles. The molecule has 1 fully saturated rings. The van der Waals surface area contributed by atoms with Crippen molar-refractivity contribution in [3.63, 3.8) is 0 Å². The summed E-state index contributed by atoms with van der Waals surface area (Å²) in [5.41, 5.74) is 2.09. The fourth-order valence-corrected chi connectivity index (χ4v) is 3.87. The Balaban J connectivity index is 0.00000320. The van der Waals surface area contributed by atoms with Crippen LogP contribution in [0.25, 0.3) is 10.9 Å². The van der Waals surface area contributed by atoms with Crippen molar-refractivity contribution < 1.29 is 4.39 Å². The van der Waals surface area contributed by atoms with Crippen molar-refractivity contribution >= 4 is 40.8 Å². The van der Waals surface area contributed by atoms with Gasteiger partial charge in [-0.3, -0.25) is 9.89 Å². The fraction of sp³-hybridized carbons (Fsp3) is 0.591. The van der Waals surface area contributed by atoms with E-state index < -0.39 is 0 Å². The molecule has 0 aliphatic carbocycles. The smallest absolute Gasteiger partial charge is 0.191 e. The Morgan fingerprint density at radius 1 is 1.20 bits per heavy atom. The monoisotopic (exact) mass is 530 g/mol. The van der Waals surface area contributed by atoms with Crippen molar-refractivity contribution in [3.8, 4) is 0 Å². The summed E-state index contributed by atoms with van der Waals surface area (Å²) in [5.74, 6) is 0.646. The summed E-state index contributed by atoms with van der Waals surface area (Å²) in [5, 5.41) is 7.70. The summed E-state index contributed by atoms with van der Waals surface area (Å²) in [4.78, 5) is 13.0. The van der Waals surface area contributed by atoms with Gasteiger partial charge in [-0.15, -0.1) is 24.0 Å². The lowest BCUT2D eigenvalue weighted by atomic mass is 10.1. The topological polar surface area (TPSA) is 58.7 Å². The number of likely N-dealkylation sites (N-methyl/N-ethyl adjacent to an activating group) is 1. The molecule has 1 saturated heterocycles. The molecule has 1 aliphatic heterocycles. The fourth-order valence-electron chi connectivity index (χ4n) is 3.87. The number of fused-ring (bicyclic) bond motifs is 1. The third-order valence-corrected chi connectivity index (χ3v) is 5.75. The molecule has 0 saturated carbocycles. The van der Waals surface area contributed by atoms with Crippen LogP contribution in [0.1, 0.15) is 26.3 Å². The Morgan fingerprint density at radius 2 is 1.97 bits per heavy atom. The van der Waals surface area contributed by atoms with Gasteiger partial charge in [0, 0.05) is 62.4 Å². The molecular formula is C22H36FIN6. The minimum Gasteiger partial charge on any atom is -0.361 e. The van der Waals surface area contributed by atoms with Crippen molar-refractivity contribution in [3.05, 3.63) is 35.8 Å². The standard InChI is InChI=1S/C22H35FN6.HI/c1-4-24-22(27-15-17(3)29-12-10-28(5-2)11-13-29)25-9-8-18-16-26-21-7-6-19(23)14-20(18)21;/h6-7,14,16-17,26H,4-5,8-13,15H2,1-3H3,(H2,24,25,27);1H. The van der Waals surface area contributed by atoms with E-state index in [4.69, 9.17) is 4.99 Å². The van der Waals surface area contributed by atoms with E-state index in [1.54, 1.807) is 12.1 Å². The zero-order valence-electron chi connectivity index (χ0n) is 18.4. The lowest BCUT2D eigenvalue weighted by molar-refractivity contribution is 0.109. The average Bonchev–Trinajstić information content (AvgIpc) is 3.14. The van der Waals surface area contributed by atoms with Gasteiger partial charge in [-0.05, 0) is 50.6 Å². The SMILES string of the molecule is CCNC(=NCC(C)N1CCN(CC)CC1)NCCc1c[nH]c2ccc(F)cc12.I. The number of halogens is 2. The van der Waals surface area contributed by atoms with Crippen molar-refractivity contribution in [1.29, 1.82) is 0 Å². The van der Waals surface area contributed by atoms with Crippen LogP contribution in [0.4, 0.5) is 4.39 Å². The first-order valence-electron chi connectivity index (χ1n) is 10.8. The predicted molar refractivity (Wildman–Crippen MR) is 135 cm³/mol. The summed E-state index contributed by atoms with van der Waals surface area (Å²) >= 11 is 0. The molecular weight excluding hydrogens is 494 g/mol. The van der Waals surface area contributed by atoms with E-state index in [1.165, 1.54) is 6.07 Å². The number of benzene rings is 1. The maximum Gasteiger partial charge on any atom is 0.191 e. The number of aromatic nitrogens is 1. The third kappa shape index (κ3) is 6.81. The zero-order chi connectivity index (χ0) is 20.6. The maximum atomic E-state index is 13.6. The van der Waals surface area contributed by atoms with Gasteiger partial charge in [0.2, 0.25) is 0 Å². The summed E-state index contributed by atoms with van der Waals surface area (Å²) in [7, 11) is 0. The van der Waals surface area contributed by atoms with Crippen LogP contribution in [0.15, 0.2) is 29.4 Å². The minimum atomic E-state index is -0.199. The highest BCUT2D eigenvalue weighted by Gasteiger charge is 2.19. The Bertz CT molecular complexity index is 800. The first-order chi connectivity index (χ1) is 14.1. The molecule has 3 N–H and O–H groups in total. The lowest BCUT2D eigenvalue weighted by Gasteiger charge is -2.37. The lowest BCUT2D eigenvalue weighted by Crippen LogP contribution is -2.50. The first kappa shape index (κ1) is 24.9. The number of guanidine groups is 1. The molecule has 0 bridgehead atoms. The van der Waals surface area contributed by atoms with Crippen LogP contribution in [-0.2, 0) is 6.42 Å². The van der Waals surface area contributed by atoms with Gasteiger partial charge in [0.1, 0.15) is 5.82 Å². The van der Waals surface area contributed by atoms with E-state index in [1.807, 2.05) is 6.20 Å². The second-order valence-electron chi connectivity index (χ2n) is 7.72. The number of H-pyrrole nitrogens is 1. The normalized spacial score (nSPS) is 17.0. The van der Waals surface area contributed by atoms with Crippen LogP contribution in [0.5, 0.6) is 0 Å². The van der Waals surface area contributed by atoms with Gasteiger partial charge in [-0.2, -0.15) is 0 Å². The van der Waals surface area contributed by atoms with E-state index in [0.717, 1.165) is 81.2 Å². The largest absolute Gasteiger partial charge is 0.361 e. The number of aliphatic imine (C=N–C) groups is 1. The van der Waals surface area contributed by atoms with Crippen molar-refractivity contribution in [2.45, 2.75) is 33.2 Å². The molecule has 1 unspecified atom stereocenters. The summed E-state index contributed by atoms with van der Waals surface area (Å²) in [6.45, 7) is 14.6. The van der Waals surface area contributed by atoms with Gasteiger partial charge >= 0.3 is 0 Å². The van der Waals surface area contributed by atoms with Crippen LogP contribution >= 0.6 is 24.0 Å². The molecule has 0 radical (unpaired) electrons. The van der Waals surface area contributed by atoms with Gasteiger partial charge in [0.25, 0.3) is 0 Å². The highest BCUT2D eigenvalue weighted by atomic mass is 127. The van der Waals surface area contributed by atoms with Gasteiger partial charge < -0.3 is 20.5 Å². The highest BCUT2D eigenvalue weighted by Crippen LogP contribution is 2.19. The number of nitrogens with one attached hydrogen (secondary N) is 3. The van der Waals surface area contributed by atoms with Crippen molar-refractivity contribution in [2.24, 2.45) is 4.99 Å². The van der Waals surface area contributed by atoms with Crippen LogP contribution < -0.4 is 10.6 Å². The van der Waals surface area contributed by atoms with E-state index >= 15 is 0 Å². The van der Waals surface area contributed by atoms with Gasteiger partial charge in [0.15, 0.2) is 5.96 Å². The molecule has 2 aromatic rings. The molecule has 3 rings (SSSR count). The molecule has 8 heteroatoms. The molecule has 0 spiro atoms. The molecule has 0 amide bonds. The first-order valence-corrected chi connectivity index (χ1v) is 10.8. The number of hydrogen-bond donors (Lipinski definition) is 3. The zero-order valence-corrected chi connectivity index (χ0v) is 20.7. The van der Waals surface area contributed by atoms with E-state index in [-0.39, 0.29) is 29.8 Å². The van der Waals surface area contributed by atoms with Crippen LogP contribution in [-0.4, -0.2) is 79.1 Å². The van der Waals surface area contributed by atoms with Gasteiger partial charge in [0.05, 0.1) is 6.54 Å². The van der Waals surface area contributed by atoms with E-state index in [0.29, 0.717) is 6.04 Å². The predicted octanol–water partition coefficient (Wildman–Crippen LogP) is 3.05. The number of nitrogens with zero attached hydrogens (tertiary/aromatic N) is 3. The molecule has 6 nitrogen and oxygen atoms in total. The number of piperazine rings is 1. The highest BCUT2D eigenvalue weighted by molar-refractivity contribution is 14.0. The van der Waals surface area contributed by atoms with Crippen LogP contribution in [0, 0.1) is 5.82 Å². The Kier molecular flexibility index (Phi) is 10.3. The number of rotatable bonds is 8. The Hall–Kier alpha value is -1.39. The summed E-state index contributed by atoms with van der Waals surface area (Å²) in [6.07, 6.45) is 2.77. The molecule has 168 valence electrons. The maximum absolute atomic E-state index is 13.6. The molecule has 1 atom stereocenters. The molecule has 1 aliphatic rings. The van der Waals surface area contributed by atoms with Gasteiger partial charge in [-0.25, -0.2) is 4.39 Å². The Labute approximate surface area is 196 Å². The third-order valence-electron chi connectivity index (χ3n) is 5.75. The molecule has 1 aromatic carbocycles. The molecule has 30 heavy (non-hydrogen) atoms. The molecule has 2 heterocycles. The second-order valence-corrected chi connectivity index (χ2v) is 7.72. The van der Waals surface area contributed by atoms with Crippen LogP contribution in [0.3, 0.4) is 0 Å².